The molecule has 8 nitrogen and oxygen atoms in total. The summed E-state index contributed by atoms with van der Waals surface area (Å²) in [6.45, 7) is 4.17. The van der Waals surface area contributed by atoms with Crippen molar-refractivity contribution in [3.05, 3.63) is 101 Å². The van der Waals surface area contributed by atoms with Gasteiger partial charge < -0.3 is 10.4 Å². The average molecular weight is 613 g/mol. The summed E-state index contributed by atoms with van der Waals surface area (Å²) >= 11 is 12.2. The normalized spacial score (nSPS) is 16.4. The topological polar surface area (TPSA) is 128 Å². The Hall–Kier alpha value is -3.68. The van der Waals surface area contributed by atoms with Gasteiger partial charge in [0.25, 0.3) is 15.9 Å². The number of benzene rings is 3. The lowest BCUT2D eigenvalue weighted by Gasteiger charge is -2.40. The number of rotatable bonds is 10. The number of nitriles is 1. The Kier molecular flexibility index (Phi) is 9.20. The maximum absolute atomic E-state index is 14.2. The van der Waals surface area contributed by atoms with E-state index in [2.05, 4.69) is 18.0 Å². The first kappa shape index (κ1) is 30.3. The molecule has 0 bridgehead atoms. The number of halogens is 2. The first-order valence-corrected chi connectivity index (χ1v) is 14.9. The highest BCUT2D eigenvalue weighted by molar-refractivity contribution is 7.89. The summed E-state index contributed by atoms with van der Waals surface area (Å²) in [7, 11) is -4.78. The second-order valence-corrected chi connectivity index (χ2v) is 12.4. The van der Waals surface area contributed by atoms with Gasteiger partial charge in [0, 0.05) is 22.9 Å². The van der Waals surface area contributed by atoms with Crippen molar-refractivity contribution in [1.82, 2.24) is 9.62 Å². The van der Waals surface area contributed by atoms with Crippen LogP contribution in [0.4, 0.5) is 0 Å². The molecular formula is C30H27Cl2N3O5S. The molecule has 1 aliphatic heterocycles. The zero-order chi connectivity index (χ0) is 29.8. The van der Waals surface area contributed by atoms with E-state index in [9.17, 15) is 28.4 Å². The minimum absolute atomic E-state index is 0.0142. The Morgan fingerprint density at radius 3 is 2.34 bits per heavy atom. The molecule has 41 heavy (non-hydrogen) atoms. The van der Waals surface area contributed by atoms with E-state index in [1.54, 1.807) is 48.5 Å². The van der Waals surface area contributed by atoms with Gasteiger partial charge in [-0.1, -0.05) is 71.7 Å². The summed E-state index contributed by atoms with van der Waals surface area (Å²) in [6.07, 6.45) is 1.54. The van der Waals surface area contributed by atoms with Gasteiger partial charge in [0.1, 0.15) is 0 Å². The quantitative estimate of drug-likeness (QED) is 0.292. The van der Waals surface area contributed by atoms with Crippen molar-refractivity contribution in [1.29, 1.82) is 5.26 Å². The van der Waals surface area contributed by atoms with Crippen molar-refractivity contribution in [3.63, 3.8) is 0 Å². The lowest BCUT2D eigenvalue weighted by Crippen LogP contribution is -2.63. The number of sulfonamides is 1. The Morgan fingerprint density at radius 1 is 1.12 bits per heavy atom. The summed E-state index contributed by atoms with van der Waals surface area (Å²) in [6, 6.07) is 18.7. The largest absolute Gasteiger partial charge is 0.479 e. The second-order valence-electron chi connectivity index (χ2n) is 9.72. The van der Waals surface area contributed by atoms with Crippen molar-refractivity contribution in [2.24, 2.45) is 0 Å². The van der Waals surface area contributed by atoms with Crippen molar-refractivity contribution >= 4 is 45.1 Å². The summed E-state index contributed by atoms with van der Waals surface area (Å²) in [5.74, 6) is -2.40. The van der Waals surface area contributed by atoms with E-state index in [0.717, 1.165) is 17.7 Å². The molecule has 1 heterocycles. The predicted molar refractivity (Wildman–Crippen MR) is 157 cm³/mol. The van der Waals surface area contributed by atoms with Crippen LogP contribution < -0.4 is 5.32 Å². The van der Waals surface area contributed by atoms with Crippen LogP contribution in [0.15, 0.2) is 84.3 Å². The third kappa shape index (κ3) is 6.16. The molecule has 0 spiro atoms. The van der Waals surface area contributed by atoms with Gasteiger partial charge in [-0.25, -0.2) is 17.5 Å². The summed E-state index contributed by atoms with van der Waals surface area (Å²) in [5.41, 5.74) is 0.0901. The maximum Gasteiger partial charge on any atom is 0.331 e. The third-order valence-electron chi connectivity index (χ3n) is 7.01. The van der Waals surface area contributed by atoms with Crippen LogP contribution in [0.2, 0.25) is 10.0 Å². The number of carboxylic acids is 1. The molecule has 0 saturated carbocycles. The number of carboxylic acid groups (broad SMARTS) is 1. The molecule has 2 atom stereocenters. The summed E-state index contributed by atoms with van der Waals surface area (Å²) < 4.78 is 28.9. The van der Waals surface area contributed by atoms with Crippen LogP contribution in [0.1, 0.15) is 30.4 Å². The molecule has 3 aromatic rings. The lowest BCUT2D eigenvalue weighted by molar-refractivity contribution is -0.154. The first-order chi connectivity index (χ1) is 19.5. The van der Waals surface area contributed by atoms with Crippen LogP contribution in [-0.4, -0.2) is 47.8 Å². The minimum Gasteiger partial charge on any atom is -0.479 e. The van der Waals surface area contributed by atoms with Crippen molar-refractivity contribution in [2.75, 3.05) is 6.54 Å². The van der Waals surface area contributed by atoms with E-state index in [1.165, 1.54) is 12.1 Å². The fourth-order valence-corrected chi connectivity index (χ4v) is 7.53. The molecular weight excluding hydrogens is 585 g/mol. The molecule has 11 heteroatoms. The SMILES string of the molecule is C=CCC(Cc1ccc(-c2ccccc2C#N)cc1)(C(=O)O)N(C(=O)[C@@H]1CCCN1)S(=O)(=O)c1cc(Cl)cc(Cl)c1. The maximum atomic E-state index is 14.2. The van der Waals surface area contributed by atoms with Gasteiger partial charge in [-0.05, 0) is 60.3 Å². The van der Waals surface area contributed by atoms with Crippen molar-refractivity contribution in [3.8, 4) is 17.2 Å². The van der Waals surface area contributed by atoms with E-state index in [-0.39, 0.29) is 22.9 Å². The lowest BCUT2D eigenvalue weighted by atomic mass is 9.86. The van der Waals surface area contributed by atoms with E-state index >= 15 is 0 Å². The number of aliphatic carboxylic acids is 1. The summed E-state index contributed by atoms with van der Waals surface area (Å²) in [4.78, 5) is 26.7. The highest BCUT2D eigenvalue weighted by Crippen LogP contribution is 2.36. The number of carbonyl (C=O) groups is 2. The monoisotopic (exact) mass is 611 g/mol. The molecule has 1 fully saturated rings. The molecule has 4 rings (SSSR count). The van der Waals surface area contributed by atoms with Crippen LogP contribution in [0, 0.1) is 11.3 Å². The molecule has 0 aromatic heterocycles. The van der Waals surface area contributed by atoms with Crippen LogP contribution in [0.25, 0.3) is 11.1 Å². The molecule has 0 radical (unpaired) electrons. The number of nitrogens with zero attached hydrogens (tertiary/aromatic N) is 2. The van der Waals surface area contributed by atoms with Crippen LogP contribution >= 0.6 is 23.2 Å². The van der Waals surface area contributed by atoms with Gasteiger partial charge in [0.2, 0.25) is 0 Å². The first-order valence-electron chi connectivity index (χ1n) is 12.7. The average Bonchev–Trinajstić information content (AvgIpc) is 3.48. The smallest absolute Gasteiger partial charge is 0.331 e. The van der Waals surface area contributed by atoms with Gasteiger partial charge in [-0.2, -0.15) is 5.26 Å². The van der Waals surface area contributed by atoms with Gasteiger partial charge in [0.15, 0.2) is 5.54 Å². The Balaban J connectivity index is 1.86. The molecule has 3 aromatic carbocycles. The van der Waals surface area contributed by atoms with Crippen LogP contribution in [0.5, 0.6) is 0 Å². The highest BCUT2D eigenvalue weighted by Gasteiger charge is 2.53. The second kappa shape index (κ2) is 12.5. The molecule has 1 amide bonds. The number of hydrogen-bond donors (Lipinski definition) is 2. The number of carbonyl (C=O) groups excluding carboxylic acids is 1. The molecule has 1 saturated heterocycles. The van der Waals surface area contributed by atoms with Gasteiger partial charge in [-0.15, -0.1) is 6.58 Å². The predicted octanol–water partition coefficient (Wildman–Crippen LogP) is 5.44. The van der Waals surface area contributed by atoms with Gasteiger partial charge in [-0.3, -0.25) is 4.79 Å². The summed E-state index contributed by atoms with van der Waals surface area (Å²) in [5, 5.41) is 23.2. The van der Waals surface area contributed by atoms with Crippen molar-refractivity contribution in [2.45, 2.75) is 42.2 Å². The molecule has 1 aliphatic rings. The molecule has 1 unspecified atom stereocenters. The molecule has 2 N–H and O–H groups in total. The van der Waals surface area contributed by atoms with E-state index in [4.69, 9.17) is 23.2 Å². The Labute approximate surface area is 248 Å². The van der Waals surface area contributed by atoms with E-state index < -0.39 is 38.4 Å². The number of amides is 1. The standard InChI is InChI=1S/C30H27Cl2N3O5S/c1-2-13-30(29(37)38,18-20-9-11-21(12-10-20)26-7-4-3-6-22(26)19-33)35(28(36)27-8-5-14-34-27)41(39,40)25-16-23(31)15-24(32)17-25/h2-4,6-7,9-12,15-17,27,34H,1,5,8,13-14,18H2,(H,37,38)/t27-,30?/m0/s1. The van der Waals surface area contributed by atoms with E-state index in [1.807, 2.05) is 0 Å². The number of nitrogens with one attached hydrogen (secondary N) is 1. The zero-order valence-corrected chi connectivity index (χ0v) is 24.2. The Bertz CT molecular complexity index is 1610. The number of hydrogen-bond acceptors (Lipinski definition) is 6. The fourth-order valence-electron chi connectivity index (χ4n) is 5.07. The van der Waals surface area contributed by atoms with Gasteiger partial charge in [0.05, 0.1) is 22.6 Å². The third-order valence-corrected chi connectivity index (χ3v) is 9.29. The minimum atomic E-state index is -4.78. The molecule has 212 valence electrons. The van der Waals surface area contributed by atoms with E-state index in [0.29, 0.717) is 40.4 Å². The Morgan fingerprint density at radius 2 is 1.78 bits per heavy atom. The van der Waals surface area contributed by atoms with Crippen molar-refractivity contribution < 1.29 is 23.1 Å². The fraction of sp³-hybridized carbons (Fsp3) is 0.233. The molecule has 0 aliphatic carbocycles. The van der Waals surface area contributed by atoms with Crippen LogP contribution in [0.3, 0.4) is 0 Å². The highest BCUT2D eigenvalue weighted by atomic mass is 35.5. The zero-order valence-electron chi connectivity index (χ0n) is 21.9. The van der Waals surface area contributed by atoms with Gasteiger partial charge >= 0.3 is 5.97 Å². The van der Waals surface area contributed by atoms with Crippen LogP contribution in [-0.2, 0) is 26.0 Å².